The van der Waals surface area contributed by atoms with Gasteiger partial charge in [-0.05, 0) is 87.0 Å². The van der Waals surface area contributed by atoms with Crippen molar-refractivity contribution in [3.63, 3.8) is 0 Å². The summed E-state index contributed by atoms with van der Waals surface area (Å²) in [6.07, 6.45) is 0. The lowest BCUT2D eigenvalue weighted by Crippen LogP contribution is -2.14. The molecular weight excluding hydrogens is 659 g/mol. The summed E-state index contributed by atoms with van der Waals surface area (Å²) in [6.45, 7) is 4.69. The Morgan fingerprint density at radius 1 is 0.377 bits per heavy atom. The van der Waals surface area contributed by atoms with Crippen LogP contribution in [0.4, 0.5) is 17.1 Å². The fraction of sp³-hybridized carbons (Fsp3) is 0.0588. The molecule has 1 nitrogen and oxygen atoms in total. The van der Waals surface area contributed by atoms with Crippen molar-refractivity contribution in [3.05, 3.63) is 199 Å². The van der Waals surface area contributed by atoms with Gasteiger partial charge in [0.2, 0.25) is 0 Å². The van der Waals surface area contributed by atoms with Crippen LogP contribution in [0.3, 0.4) is 0 Å². The van der Waals surface area contributed by atoms with Crippen molar-refractivity contribution in [1.82, 2.24) is 0 Å². The molecule has 0 saturated carbocycles. The van der Waals surface area contributed by atoms with E-state index in [1.54, 1.807) is 0 Å². The molecule has 0 saturated heterocycles. The van der Waals surface area contributed by atoms with Crippen LogP contribution in [-0.4, -0.2) is 0 Å². The van der Waals surface area contributed by atoms with Gasteiger partial charge in [-0.1, -0.05) is 159 Å². The molecule has 1 aliphatic carbocycles. The lowest BCUT2D eigenvalue weighted by Gasteiger charge is -2.30. The highest BCUT2D eigenvalue weighted by molar-refractivity contribution is 7.25. The lowest BCUT2D eigenvalue weighted by molar-refractivity contribution is 0.660. The van der Waals surface area contributed by atoms with E-state index in [0.717, 1.165) is 17.1 Å². The molecule has 8 aromatic carbocycles. The molecule has 0 fully saturated rings. The zero-order valence-corrected chi connectivity index (χ0v) is 30.6. The minimum absolute atomic E-state index is 0.0393. The quantitative estimate of drug-likeness (QED) is 0.167. The molecule has 1 aromatic heterocycles. The molecule has 2 heteroatoms. The summed E-state index contributed by atoms with van der Waals surface area (Å²) >= 11 is 1.87. The second-order valence-electron chi connectivity index (χ2n) is 14.5. The van der Waals surface area contributed by atoms with Gasteiger partial charge in [-0.15, -0.1) is 11.3 Å². The van der Waals surface area contributed by atoms with Crippen LogP contribution in [0.5, 0.6) is 0 Å². The molecule has 10 rings (SSSR count). The molecule has 0 aliphatic heterocycles. The molecule has 0 atom stereocenters. The van der Waals surface area contributed by atoms with Crippen LogP contribution in [0, 0.1) is 0 Å². The Hall–Kier alpha value is -6.22. The first-order valence-electron chi connectivity index (χ1n) is 18.3. The maximum atomic E-state index is 2.47. The third-order valence-electron chi connectivity index (χ3n) is 11.1. The predicted molar refractivity (Wildman–Crippen MR) is 228 cm³/mol. The summed E-state index contributed by atoms with van der Waals surface area (Å²) in [4.78, 5) is 2.47. The second-order valence-corrected chi connectivity index (χ2v) is 15.6. The number of fused-ring (bicyclic) bond motifs is 6. The standard InChI is InChI=1S/C51H37NS/c1-51(2)45-23-10-6-21-41(45)44-32-36(28-30-46(44)51)39-19-7-11-24-47(39)52(38-18-14-17-35(31-38)34-15-4-3-5-16-34)48-25-12-8-20-40(48)37-27-29-43-42-22-9-13-26-49(42)53-50(43)33-37/h3-33H,1-2H3. The first-order valence-corrected chi connectivity index (χ1v) is 19.2. The fourth-order valence-corrected chi connectivity index (χ4v) is 9.62. The average Bonchev–Trinajstić information content (AvgIpc) is 3.70. The Kier molecular flexibility index (Phi) is 7.42. The van der Waals surface area contributed by atoms with Gasteiger partial charge >= 0.3 is 0 Å². The number of para-hydroxylation sites is 2. The van der Waals surface area contributed by atoms with Crippen LogP contribution in [0.25, 0.3) is 64.7 Å². The molecule has 0 spiro atoms. The maximum absolute atomic E-state index is 2.47. The van der Waals surface area contributed by atoms with Gasteiger partial charge in [-0.2, -0.15) is 0 Å². The van der Waals surface area contributed by atoms with E-state index in [-0.39, 0.29) is 5.41 Å². The Labute approximate surface area is 315 Å². The molecule has 1 heterocycles. The van der Waals surface area contributed by atoms with E-state index in [1.165, 1.54) is 75.8 Å². The van der Waals surface area contributed by atoms with E-state index in [1.807, 2.05) is 11.3 Å². The number of hydrogen-bond acceptors (Lipinski definition) is 2. The molecule has 0 bridgehead atoms. The van der Waals surface area contributed by atoms with Gasteiger partial charge in [0.1, 0.15) is 0 Å². The highest BCUT2D eigenvalue weighted by atomic mass is 32.1. The number of benzene rings is 8. The number of nitrogens with zero attached hydrogens (tertiary/aromatic N) is 1. The molecular formula is C51H37NS. The van der Waals surface area contributed by atoms with Gasteiger partial charge in [0.25, 0.3) is 0 Å². The predicted octanol–water partition coefficient (Wildman–Crippen LogP) is 14.8. The van der Waals surface area contributed by atoms with E-state index in [0.29, 0.717) is 0 Å². The topological polar surface area (TPSA) is 3.24 Å². The summed E-state index contributed by atoms with van der Waals surface area (Å²) in [6, 6.07) is 69.2. The van der Waals surface area contributed by atoms with Gasteiger partial charge in [0.05, 0.1) is 11.4 Å². The van der Waals surface area contributed by atoms with Crippen molar-refractivity contribution < 1.29 is 0 Å². The fourth-order valence-electron chi connectivity index (χ4n) is 8.47. The number of hydrogen-bond donors (Lipinski definition) is 0. The van der Waals surface area contributed by atoms with Gasteiger partial charge in [0.15, 0.2) is 0 Å². The molecule has 53 heavy (non-hydrogen) atoms. The Morgan fingerprint density at radius 3 is 1.75 bits per heavy atom. The first-order chi connectivity index (χ1) is 26.0. The summed E-state index contributed by atoms with van der Waals surface area (Å²) in [5.74, 6) is 0. The largest absolute Gasteiger partial charge is 0.309 e. The van der Waals surface area contributed by atoms with Crippen molar-refractivity contribution >= 4 is 48.6 Å². The van der Waals surface area contributed by atoms with Crippen LogP contribution in [0.2, 0.25) is 0 Å². The molecule has 0 amide bonds. The summed E-state index contributed by atoms with van der Waals surface area (Å²) in [5.41, 5.74) is 16.0. The second kappa shape index (κ2) is 12.5. The molecule has 252 valence electrons. The number of anilines is 3. The van der Waals surface area contributed by atoms with E-state index >= 15 is 0 Å². The highest BCUT2D eigenvalue weighted by Crippen LogP contribution is 2.51. The number of rotatable bonds is 6. The van der Waals surface area contributed by atoms with Crippen molar-refractivity contribution in [3.8, 4) is 44.5 Å². The smallest absolute Gasteiger partial charge is 0.0540 e. The normalized spacial score (nSPS) is 12.9. The van der Waals surface area contributed by atoms with Crippen molar-refractivity contribution in [2.45, 2.75) is 19.3 Å². The molecule has 1 aliphatic rings. The van der Waals surface area contributed by atoms with Crippen molar-refractivity contribution in [1.29, 1.82) is 0 Å². The van der Waals surface area contributed by atoms with Gasteiger partial charge in [-0.25, -0.2) is 0 Å². The van der Waals surface area contributed by atoms with E-state index in [2.05, 4.69) is 207 Å². The third-order valence-corrected chi connectivity index (χ3v) is 12.2. The lowest BCUT2D eigenvalue weighted by atomic mass is 9.82. The number of thiophene rings is 1. The Balaban J connectivity index is 1.19. The van der Waals surface area contributed by atoms with Crippen molar-refractivity contribution in [2.75, 3.05) is 4.90 Å². The Morgan fingerprint density at radius 2 is 0.962 bits per heavy atom. The molecule has 0 radical (unpaired) electrons. The zero-order valence-electron chi connectivity index (χ0n) is 29.8. The van der Waals surface area contributed by atoms with Crippen LogP contribution in [-0.2, 0) is 5.41 Å². The SMILES string of the molecule is CC1(C)c2ccccc2-c2cc(-c3ccccc3N(c3cccc(-c4ccccc4)c3)c3ccccc3-c3ccc4c(c3)sc3ccccc34)ccc21. The monoisotopic (exact) mass is 695 g/mol. The average molecular weight is 696 g/mol. The van der Waals surface area contributed by atoms with Gasteiger partial charge in [-0.3, -0.25) is 0 Å². The summed E-state index contributed by atoms with van der Waals surface area (Å²) in [7, 11) is 0. The van der Waals surface area contributed by atoms with Crippen LogP contribution in [0.1, 0.15) is 25.0 Å². The zero-order chi connectivity index (χ0) is 35.5. The first kappa shape index (κ1) is 31.5. The maximum Gasteiger partial charge on any atom is 0.0540 e. The van der Waals surface area contributed by atoms with Crippen LogP contribution >= 0.6 is 11.3 Å². The van der Waals surface area contributed by atoms with Crippen LogP contribution < -0.4 is 4.90 Å². The minimum Gasteiger partial charge on any atom is -0.309 e. The van der Waals surface area contributed by atoms with Gasteiger partial charge < -0.3 is 4.90 Å². The highest BCUT2D eigenvalue weighted by Gasteiger charge is 2.35. The Bertz CT molecular complexity index is 2820. The van der Waals surface area contributed by atoms with E-state index < -0.39 is 0 Å². The summed E-state index contributed by atoms with van der Waals surface area (Å²) < 4.78 is 2.62. The third kappa shape index (κ3) is 5.21. The van der Waals surface area contributed by atoms with Crippen molar-refractivity contribution in [2.24, 2.45) is 0 Å². The van der Waals surface area contributed by atoms with Crippen LogP contribution in [0.15, 0.2) is 188 Å². The summed E-state index contributed by atoms with van der Waals surface area (Å²) in [5, 5.41) is 2.63. The van der Waals surface area contributed by atoms with E-state index in [9.17, 15) is 0 Å². The molecule has 9 aromatic rings. The molecule has 0 N–H and O–H groups in total. The molecule has 0 unspecified atom stereocenters. The minimum atomic E-state index is -0.0393. The van der Waals surface area contributed by atoms with E-state index in [4.69, 9.17) is 0 Å². The van der Waals surface area contributed by atoms with Gasteiger partial charge in [0, 0.05) is 42.4 Å².